The van der Waals surface area contributed by atoms with E-state index in [-0.39, 0.29) is 28.4 Å². The molecule has 0 aromatic heterocycles. The van der Waals surface area contributed by atoms with E-state index < -0.39 is 33.5 Å². The van der Waals surface area contributed by atoms with Crippen LogP contribution in [-0.4, -0.2) is 20.2 Å². The molecule has 1 aliphatic rings. The zero-order chi connectivity index (χ0) is 18.2. The highest BCUT2D eigenvalue weighted by Gasteiger charge is 2.22. The van der Waals surface area contributed by atoms with Crippen LogP contribution >= 0.6 is 0 Å². The van der Waals surface area contributed by atoms with E-state index in [2.05, 4.69) is 15.4 Å². The summed E-state index contributed by atoms with van der Waals surface area (Å²) in [6.07, 6.45) is -0.385. The second kappa shape index (κ2) is 6.13. The number of benzene rings is 2. The smallest absolute Gasteiger partial charge is 0.261 e. The summed E-state index contributed by atoms with van der Waals surface area (Å²) in [5.74, 6) is -3.41. The number of carbonyl (C=O) groups is 2. The Morgan fingerprint density at radius 3 is 2.24 bits per heavy atom. The van der Waals surface area contributed by atoms with Crippen molar-refractivity contribution in [2.75, 3.05) is 15.4 Å². The highest BCUT2D eigenvalue weighted by atomic mass is 32.2. The molecule has 25 heavy (non-hydrogen) atoms. The number of anilines is 3. The molecule has 1 aliphatic heterocycles. The average molecular weight is 367 g/mol. The molecule has 130 valence electrons. The maximum absolute atomic E-state index is 13.2. The fraction of sp³-hybridized carbons (Fsp3) is 0.0667. The minimum Gasteiger partial charge on any atom is -0.324 e. The summed E-state index contributed by atoms with van der Waals surface area (Å²) < 4.78 is 53.0. The first-order chi connectivity index (χ1) is 11.7. The zero-order valence-corrected chi connectivity index (χ0v) is 13.3. The molecule has 1 heterocycles. The summed E-state index contributed by atoms with van der Waals surface area (Å²) in [4.78, 5) is 22.8. The minimum absolute atomic E-state index is 0.115. The lowest BCUT2D eigenvalue weighted by Gasteiger charge is -2.12. The quantitative estimate of drug-likeness (QED) is 0.722. The van der Waals surface area contributed by atoms with Gasteiger partial charge >= 0.3 is 0 Å². The Bertz CT molecular complexity index is 992. The van der Waals surface area contributed by atoms with Crippen LogP contribution < -0.4 is 15.4 Å². The zero-order valence-electron chi connectivity index (χ0n) is 12.5. The third kappa shape index (κ3) is 3.58. The van der Waals surface area contributed by atoms with Gasteiger partial charge < -0.3 is 10.6 Å². The first-order valence-corrected chi connectivity index (χ1v) is 8.44. The Hall–Kier alpha value is -3.01. The molecule has 0 saturated heterocycles. The van der Waals surface area contributed by atoms with Gasteiger partial charge in [0.15, 0.2) is 11.6 Å². The second-order valence-corrected chi connectivity index (χ2v) is 6.90. The van der Waals surface area contributed by atoms with Crippen molar-refractivity contribution in [2.45, 2.75) is 11.3 Å². The van der Waals surface area contributed by atoms with Gasteiger partial charge in [-0.05, 0) is 30.3 Å². The van der Waals surface area contributed by atoms with Gasteiger partial charge in [0.25, 0.3) is 10.0 Å². The third-order valence-electron chi connectivity index (χ3n) is 3.34. The van der Waals surface area contributed by atoms with E-state index in [4.69, 9.17) is 0 Å². The Kier molecular flexibility index (Phi) is 4.13. The molecule has 2 aromatic rings. The Morgan fingerprint density at radius 1 is 0.880 bits per heavy atom. The molecule has 2 aromatic carbocycles. The fourth-order valence-electron chi connectivity index (χ4n) is 2.21. The number of hydrogen-bond donors (Lipinski definition) is 3. The monoisotopic (exact) mass is 367 g/mol. The lowest BCUT2D eigenvalue weighted by atomic mass is 10.2. The Morgan fingerprint density at radius 2 is 1.56 bits per heavy atom. The number of rotatable bonds is 3. The highest BCUT2D eigenvalue weighted by Crippen LogP contribution is 2.28. The van der Waals surface area contributed by atoms with Crippen molar-refractivity contribution in [3.8, 4) is 0 Å². The van der Waals surface area contributed by atoms with Crippen LogP contribution in [0, 0.1) is 11.6 Å². The summed E-state index contributed by atoms with van der Waals surface area (Å²) in [7, 11) is -4.12. The number of hydrogen-bond acceptors (Lipinski definition) is 4. The number of fused-ring (bicyclic) bond motifs is 1. The van der Waals surface area contributed by atoms with Crippen LogP contribution in [0.4, 0.5) is 25.8 Å². The van der Waals surface area contributed by atoms with Crippen molar-refractivity contribution in [3.05, 3.63) is 48.0 Å². The van der Waals surface area contributed by atoms with Crippen molar-refractivity contribution >= 4 is 38.9 Å². The van der Waals surface area contributed by atoms with Crippen LogP contribution in [0.5, 0.6) is 0 Å². The first-order valence-electron chi connectivity index (χ1n) is 6.96. The van der Waals surface area contributed by atoms with Gasteiger partial charge in [-0.15, -0.1) is 0 Å². The van der Waals surface area contributed by atoms with Gasteiger partial charge in [0, 0.05) is 6.07 Å². The van der Waals surface area contributed by atoms with Gasteiger partial charge in [-0.25, -0.2) is 17.2 Å². The second-order valence-electron chi connectivity index (χ2n) is 5.21. The molecule has 0 saturated carbocycles. The summed E-state index contributed by atoms with van der Waals surface area (Å²) >= 11 is 0. The summed E-state index contributed by atoms with van der Waals surface area (Å²) in [6, 6.07) is 6.25. The van der Waals surface area contributed by atoms with E-state index >= 15 is 0 Å². The van der Waals surface area contributed by atoms with Crippen LogP contribution in [0.1, 0.15) is 6.42 Å². The molecular formula is C15H11F2N3O4S. The van der Waals surface area contributed by atoms with Gasteiger partial charge in [0.1, 0.15) is 6.42 Å². The normalized spacial score (nSPS) is 14.2. The van der Waals surface area contributed by atoms with Crippen molar-refractivity contribution in [1.82, 2.24) is 0 Å². The topological polar surface area (TPSA) is 104 Å². The Labute approximate surface area is 141 Å². The molecule has 0 fully saturated rings. The number of sulfonamides is 1. The summed E-state index contributed by atoms with van der Waals surface area (Å²) in [6.45, 7) is 0. The molecule has 0 unspecified atom stereocenters. The number of halogens is 2. The Balaban J connectivity index is 1.94. The lowest BCUT2D eigenvalue weighted by Crippen LogP contribution is -2.16. The maximum Gasteiger partial charge on any atom is 0.261 e. The molecule has 3 N–H and O–H groups in total. The predicted octanol–water partition coefficient (Wildman–Crippen LogP) is 2.05. The largest absolute Gasteiger partial charge is 0.324 e. The van der Waals surface area contributed by atoms with Gasteiger partial charge in [0.2, 0.25) is 11.8 Å². The van der Waals surface area contributed by atoms with E-state index in [1.54, 1.807) is 0 Å². The highest BCUT2D eigenvalue weighted by molar-refractivity contribution is 7.92. The average Bonchev–Trinajstić information content (AvgIpc) is 2.66. The van der Waals surface area contributed by atoms with Gasteiger partial charge in [-0.2, -0.15) is 0 Å². The lowest BCUT2D eigenvalue weighted by molar-refractivity contribution is -0.123. The molecule has 2 amide bonds. The standard InChI is InChI=1S/C15H11F2N3O4S/c16-10-3-1-8(5-11(10)17)20-25(23,24)9-2-4-12-13(6-9)19-15(22)7-14(21)18-12/h1-6,20H,7H2,(H,18,21)(H,19,22). The van der Waals surface area contributed by atoms with Crippen LogP contribution in [0.2, 0.25) is 0 Å². The number of carbonyl (C=O) groups excluding carboxylic acids is 2. The molecule has 0 bridgehead atoms. The maximum atomic E-state index is 13.2. The van der Waals surface area contributed by atoms with E-state index in [0.29, 0.717) is 6.07 Å². The predicted molar refractivity (Wildman–Crippen MR) is 85.5 cm³/mol. The first kappa shape index (κ1) is 16.8. The third-order valence-corrected chi connectivity index (χ3v) is 4.72. The molecule has 3 rings (SSSR count). The SMILES string of the molecule is O=C1CC(=O)Nc2cc(S(=O)(=O)Nc3ccc(F)c(F)c3)ccc2N1. The molecule has 10 heteroatoms. The van der Waals surface area contributed by atoms with Gasteiger partial charge in [-0.1, -0.05) is 0 Å². The van der Waals surface area contributed by atoms with Crippen LogP contribution in [-0.2, 0) is 19.6 Å². The van der Waals surface area contributed by atoms with E-state index in [0.717, 1.165) is 18.2 Å². The van der Waals surface area contributed by atoms with Crippen molar-refractivity contribution in [3.63, 3.8) is 0 Å². The molecule has 0 spiro atoms. The molecular weight excluding hydrogens is 356 g/mol. The van der Waals surface area contributed by atoms with E-state index in [9.17, 15) is 26.8 Å². The minimum atomic E-state index is -4.12. The van der Waals surface area contributed by atoms with Crippen LogP contribution in [0.3, 0.4) is 0 Å². The molecule has 0 radical (unpaired) electrons. The molecule has 7 nitrogen and oxygen atoms in total. The molecule has 0 aliphatic carbocycles. The van der Waals surface area contributed by atoms with E-state index in [1.165, 1.54) is 12.1 Å². The van der Waals surface area contributed by atoms with Crippen molar-refractivity contribution in [2.24, 2.45) is 0 Å². The van der Waals surface area contributed by atoms with Crippen LogP contribution in [0.25, 0.3) is 0 Å². The van der Waals surface area contributed by atoms with Gasteiger partial charge in [0.05, 0.1) is 22.0 Å². The summed E-state index contributed by atoms with van der Waals surface area (Å²) in [5.41, 5.74) is 0.206. The summed E-state index contributed by atoms with van der Waals surface area (Å²) in [5, 5.41) is 4.89. The van der Waals surface area contributed by atoms with Crippen LogP contribution in [0.15, 0.2) is 41.3 Å². The fourth-order valence-corrected chi connectivity index (χ4v) is 3.29. The van der Waals surface area contributed by atoms with Gasteiger partial charge in [-0.3, -0.25) is 14.3 Å². The van der Waals surface area contributed by atoms with Crippen molar-refractivity contribution < 1.29 is 26.8 Å². The number of nitrogens with one attached hydrogen (secondary N) is 3. The number of amides is 2. The van der Waals surface area contributed by atoms with Crippen molar-refractivity contribution in [1.29, 1.82) is 0 Å². The molecule has 0 atom stereocenters. The van der Waals surface area contributed by atoms with E-state index in [1.807, 2.05) is 0 Å².